The monoisotopic (exact) mass is 400 g/mol. The molecule has 27 heavy (non-hydrogen) atoms. The molecule has 1 heterocycles. The molecule has 3 rings (SSSR count). The third kappa shape index (κ3) is 4.90. The second kappa shape index (κ2) is 8.59. The fourth-order valence-corrected chi connectivity index (χ4v) is 3.77. The summed E-state index contributed by atoms with van der Waals surface area (Å²) in [4.78, 5) is 12.4. The van der Waals surface area contributed by atoms with Gasteiger partial charge in [-0.15, -0.1) is 10.2 Å². The number of carbonyl (C=O) groups is 1. The Hall–Kier alpha value is -2.31. The summed E-state index contributed by atoms with van der Waals surface area (Å²) in [7, 11) is 0. The van der Waals surface area contributed by atoms with Crippen molar-refractivity contribution in [1.29, 1.82) is 0 Å². The molecular weight excluding hydrogens is 380 g/mol. The lowest BCUT2D eigenvalue weighted by atomic mass is 10.00. The van der Waals surface area contributed by atoms with Crippen LogP contribution in [-0.2, 0) is 4.79 Å². The van der Waals surface area contributed by atoms with Crippen molar-refractivity contribution < 1.29 is 4.79 Å². The second-order valence-corrected chi connectivity index (χ2v) is 7.78. The predicted molar refractivity (Wildman–Crippen MR) is 110 cm³/mol. The van der Waals surface area contributed by atoms with Gasteiger partial charge in [0.25, 0.3) is 0 Å². The van der Waals surface area contributed by atoms with Gasteiger partial charge in [0.1, 0.15) is 6.33 Å². The molecule has 0 saturated heterocycles. The maximum atomic E-state index is 12.4. The van der Waals surface area contributed by atoms with E-state index in [2.05, 4.69) is 47.6 Å². The van der Waals surface area contributed by atoms with Crippen LogP contribution in [0.3, 0.4) is 0 Å². The van der Waals surface area contributed by atoms with Crippen molar-refractivity contribution in [3.63, 3.8) is 0 Å². The normalized spacial score (nSPS) is 12.0. The van der Waals surface area contributed by atoms with E-state index in [9.17, 15) is 4.79 Å². The molecule has 140 valence electrons. The molecule has 0 saturated carbocycles. The Morgan fingerprint density at radius 1 is 1.26 bits per heavy atom. The van der Waals surface area contributed by atoms with Crippen molar-refractivity contribution in [1.82, 2.24) is 20.1 Å². The standard InChI is InChI=1S/C20H21ClN4OS/c1-13-7-8-14(2)18(9-13)15(3)23-19(26)11-27-20-24-22-12-25(20)17-6-4-5-16(21)10-17/h4-10,12,15H,11H2,1-3H3,(H,23,26). The van der Waals surface area contributed by atoms with Gasteiger partial charge < -0.3 is 5.32 Å². The molecule has 1 N–H and O–H groups in total. The van der Waals surface area contributed by atoms with Gasteiger partial charge in [-0.1, -0.05) is 53.2 Å². The smallest absolute Gasteiger partial charge is 0.230 e. The minimum atomic E-state index is -0.0520. The maximum Gasteiger partial charge on any atom is 0.230 e. The third-order valence-electron chi connectivity index (χ3n) is 4.21. The van der Waals surface area contributed by atoms with Crippen LogP contribution in [0.1, 0.15) is 29.7 Å². The number of aromatic nitrogens is 3. The van der Waals surface area contributed by atoms with E-state index in [1.165, 1.54) is 22.9 Å². The Labute approximate surface area is 168 Å². The summed E-state index contributed by atoms with van der Waals surface area (Å²) in [5.41, 5.74) is 4.34. The Morgan fingerprint density at radius 2 is 2.07 bits per heavy atom. The number of nitrogens with zero attached hydrogens (tertiary/aromatic N) is 3. The molecule has 3 aromatic rings. The van der Waals surface area contributed by atoms with Crippen LogP contribution in [0.2, 0.25) is 5.02 Å². The van der Waals surface area contributed by atoms with Gasteiger partial charge in [0.15, 0.2) is 5.16 Å². The SMILES string of the molecule is Cc1ccc(C)c(C(C)NC(=O)CSc2nncn2-c2cccc(Cl)c2)c1. The first kappa shape index (κ1) is 19.5. The zero-order chi connectivity index (χ0) is 19.4. The highest BCUT2D eigenvalue weighted by atomic mass is 35.5. The quantitative estimate of drug-likeness (QED) is 0.618. The minimum absolute atomic E-state index is 0.0472. The lowest BCUT2D eigenvalue weighted by Crippen LogP contribution is -2.28. The number of hydrogen-bond acceptors (Lipinski definition) is 4. The van der Waals surface area contributed by atoms with E-state index in [1.54, 1.807) is 6.33 Å². The summed E-state index contributed by atoms with van der Waals surface area (Å²) >= 11 is 7.40. The molecule has 0 aliphatic heterocycles. The number of benzene rings is 2. The number of thioether (sulfide) groups is 1. The zero-order valence-electron chi connectivity index (χ0n) is 15.4. The van der Waals surface area contributed by atoms with Crippen molar-refractivity contribution in [2.24, 2.45) is 0 Å². The number of halogens is 1. The summed E-state index contributed by atoms with van der Waals surface area (Å²) in [5, 5.41) is 12.4. The molecule has 0 aliphatic rings. The van der Waals surface area contributed by atoms with E-state index in [0.29, 0.717) is 10.2 Å². The zero-order valence-corrected chi connectivity index (χ0v) is 17.0. The second-order valence-electron chi connectivity index (χ2n) is 6.40. The topological polar surface area (TPSA) is 59.8 Å². The van der Waals surface area contributed by atoms with Crippen molar-refractivity contribution in [3.05, 3.63) is 70.5 Å². The van der Waals surface area contributed by atoms with Crippen LogP contribution in [0.25, 0.3) is 5.69 Å². The lowest BCUT2D eigenvalue weighted by Gasteiger charge is -2.17. The van der Waals surface area contributed by atoms with Crippen LogP contribution in [0.15, 0.2) is 53.9 Å². The Morgan fingerprint density at radius 3 is 2.85 bits per heavy atom. The molecule has 5 nitrogen and oxygen atoms in total. The summed E-state index contributed by atoms with van der Waals surface area (Å²) < 4.78 is 1.82. The first-order valence-corrected chi connectivity index (χ1v) is 9.95. The van der Waals surface area contributed by atoms with Gasteiger partial charge in [0, 0.05) is 5.02 Å². The first-order chi connectivity index (χ1) is 12.9. The van der Waals surface area contributed by atoms with E-state index in [0.717, 1.165) is 11.3 Å². The van der Waals surface area contributed by atoms with Crippen molar-refractivity contribution in [3.8, 4) is 5.69 Å². The van der Waals surface area contributed by atoms with Crippen LogP contribution in [0.5, 0.6) is 0 Å². The van der Waals surface area contributed by atoms with Gasteiger partial charge >= 0.3 is 0 Å². The first-order valence-electron chi connectivity index (χ1n) is 8.59. The average Bonchev–Trinajstić information content (AvgIpc) is 3.10. The van der Waals surface area contributed by atoms with Crippen LogP contribution in [-0.4, -0.2) is 26.4 Å². The molecule has 0 fully saturated rings. The van der Waals surface area contributed by atoms with Crippen LogP contribution in [0, 0.1) is 13.8 Å². The fraction of sp³-hybridized carbons (Fsp3) is 0.250. The van der Waals surface area contributed by atoms with Gasteiger partial charge in [-0.2, -0.15) is 0 Å². The molecule has 0 spiro atoms. The number of amides is 1. The van der Waals surface area contributed by atoms with Gasteiger partial charge in [0.05, 0.1) is 17.5 Å². The third-order valence-corrected chi connectivity index (χ3v) is 5.39. The number of hydrogen-bond donors (Lipinski definition) is 1. The average molecular weight is 401 g/mol. The fourth-order valence-electron chi connectivity index (χ4n) is 2.84. The molecule has 1 aromatic heterocycles. The highest BCUT2D eigenvalue weighted by molar-refractivity contribution is 7.99. The van der Waals surface area contributed by atoms with Gasteiger partial charge in [-0.3, -0.25) is 9.36 Å². The molecule has 0 radical (unpaired) electrons. The van der Waals surface area contributed by atoms with Crippen LogP contribution < -0.4 is 5.32 Å². The molecular formula is C20H21ClN4OS. The highest BCUT2D eigenvalue weighted by Crippen LogP contribution is 2.22. The predicted octanol–water partition coefficient (Wildman–Crippen LogP) is 4.51. The molecule has 0 aliphatic carbocycles. The Bertz CT molecular complexity index is 957. The summed E-state index contributed by atoms with van der Waals surface area (Å²) in [5.74, 6) is 0.211. The lowest BCUT2D eigenvalue weighted by molar-refractivity contribution is -0.119. The van der Waals surface area contributed by atoms with E-state index >= 15 is 0 Å². The summed E-state index contributed by atoms with van der Waals surface area (Å²) in [6.07, 6.45) is 1.62. The van der Waals surface area contributed by atoms with Crippen LogP contribution in [0.4, 0.5) is 0 Å². The van der Waals surface area contributed by atoms with Crippen molar-refractivity contribution >= 4 is 29.3 Å². The molecule has 1 unspecified atom stereocenters. The molecule has 1 amide bonds. The maximum absolute atomic E-state index is 12.4. The van der Waals surface area contributed by atoms with Crippen molar-refractivity contribution in [2.45, 2.75) is 32.0 Å². The van der Waals surface area contributed by atoms with E-state index in [1.807, 2.05) is 35.8 Å². The highest BCUT2D eigenvalue weighted by Gasteiger charge is 2.14. The molecule has 7 heteroatoms. The van der Waals surface area contributed by atoms with Crippen molar-refractivity contribution in [2.75, 3.05) is 5.75 Å². The van der Waals surface area contributed by atoms with Crippen LogP contribution >= 0.6 is 23.4 Å². The summed E-state index contributed by atoms with van der Waals surface area (Å²) in [6, 6.07) is 13.6. The van der Waals surface area contributed by atoms with Gasteiger partial charge in [-0.05, 0) is 50.1 Å². The largest absolute Gasteiger partial charge is 0.349 e. The molecule has 0 bridgehead atoms. The molecule has 1 atom stereocenters. The number of rotatable bonds is 6. The van der Waals surface area contributed by atoms with E-state index in [4.69, 9.17) is 11.6 Å². The number of carbonyl (C=O) groups excluding carboxylic acids is 1. The van der Waals surface area contributed by atoms with E-state index in [-0.39, 0.29) is 17.7 Å². The number of nitrogens with one attached hydrogen (secondary N) is 1. The Kier molecular flexibility index (Phi) is 6.19. The van der Waals surface area contributed by atoms with Gasteiger partial charge in [-0.25, -0.2) is 0 Å². The Balaban J connectivity index is 1.63. The van der Waals surface area contributed by atoms with Gasteiger partial charge in [0.2, 0.25) is 5.91 Å². The molecule has 2 aromatic carbocycles. The van der Waals surface area contributed by atoms with E-state index < -0.39 is 0 Å². The number of aryl methyl sites for hydroxylation is 2. The summed E-state index contributed by atoms with van der Waals surface area (Å²) in [6.45, 7) is 6.11. The minimum Gasteiger partial charge on any atom is -0.349 e.